The summed E-state index contributed by atoms with van der Waals surface area (Å²) < 4.78 is 13.0. The maximum Gasteiger partial charge on any atom is 0.141 e. The number of rotatable bonds is 2. The van der Waals surface area contributed by atoms with Crippen molar-refractivity contribution in [3.63, 3.8) is 0 Å². The van der Waals surface area contributed by atoms with Crippen LogP contribution in [0.25, 0.3) is 11.3 Å². The molecule has 84 valence electrons. The highest BCUT2D eigenvalue weighted by atomic mass is 35.5. The first-order valence-corrected chi connectivity index (χ1v) is 6.00. The molecule has 0 fully saturated rings. The summed E-state index contributed by atoms with van der Waals surface area (Å²) in [7, 11) is 0. The van der Waals surface area contributed by atoms with E-state index in [0.717, 1.165) is 16.3 Å². The van der Waals surface area contributed by atoms with Gasteiger partial charge >= 0.3 is 0 Å². The number of halogens is 2. The fraction of sp³-hybridized carbons (Fsp3) is 0.182. The Balaban J connectivity index is 2.39. The first kappa shape index (κ1) is 11.5. The van der Waals surface area contributed by atoms with E-state index in [0.29, 0.717) is 0 Å². The molecule has 0 amide bonds. The van der Waals surface area contributed by atoms with Gasteiger partial charge in [-0.05, 0) is 25.1 Å². The second-order valence-electron chi connectivity index (χ2n) is 3.49. The zero-order valence-electron chi connectivity index (χ0n) is 8.58. The highest BCUT2D eigenvalue weighted by Crippen LogP contribution is 2.27. The molecule has 1 aromatic carbocycles. The summed E-state index contributed by atoms with van der Waals surface area (Å²) in [5.74, 6) is -0.423. The Hall–Kier alpha value is -0.970. The largest absolute Gasteiger partial charge is 0.322 e. The smallest absolute Gasteiger partial charge is 0.141 e. The molecule has 0 saturated carbocycles. The minimum Gasteiger partial charge on any atom is -0.322 e. The minimum absolute atomic E-state index is 0.0883. The molecule has 1 aromatic heterocycles. The number of nitrogens with two attached hydrogens (primary N) is 1. The molecule has 0 saturated heterocycles. The zero-order chi connectivity index (χ0) is 11.7. The van der Waals surface area contributed by atoms with Crippen LogP contribution >= 0.6 is 22.9 Å². The van der Waals surface area contributed by atoms with Crippen LogP contribution in [0.15, 0.2) is 23.6 Å². The van der Waals surface area contributed by atoms with Gasteiger partial charge in [-0.3, -0.25) is 0 Å². The fourth-order valence-electron chi connectivity index (χ4n) is 1.28. The predicted molar refractivity (Wildman–Crippen MR) is 65.1 cm³/mol. The van der Waals surface area contributed by atoms with Gasteiger partial charge in [-0.25, -0.2) is 9.37 Å². The molecule has 1 heterocycles. The van der Waals surface area contributed by atoms with E-state index in [1.165, 1.54) is 17.4 Å². The Morgan fingerprint density at radius 3 is 2.81 bits per heavy atom. The van der Waals surface area contributed by atoms with Crippen LogP contribution in [-0.4, -0.2) is 4.98 Å². The van der Waals surface area contributed by atoms with Crippen molar-refractivity contribution in [1.82, 2.24) is 4.98 Å². The van der Waals surface area contributed by atoms with E-state index in [1.54, 1.807) is 12.1 Å². The van der Waals surface area contributed by atoms with Crippen LogP contribution < -0.4 is 5.73 Å². The van der Waals surface area contributed by atoms with E-state index in [9.17, 15) is 4.39 Å². The molecule has 2 rings (SSSR count). The van der Waals surface area contributed by atoms with Gasteiger partial charge in [0.15, 0.2) is 0 Å². The van der Waals surface area contributed by atoms with Gasteiger partial charge in [-0.1, -0.05) is 11.6 Å². The van der Waals surface area contributed by atoms with Crippen LogP contribution in [0.1, 0.15) is 18.0 Å². The quantitative estimate of drug-likeness (QED) is 0.891. The van der Waals surface area contributed by atoms with Gasteiger partial charge in [0.2, 0.25) is 0 Å². The van der Waals surface area contributed by atoms with Crippen LogP contribution in [0.3, 0.4) is 0 Å². The maximum atomic E-state index is 13.0. The lowest BCUT2D eigenvalue weighted by Crippen LogP contribution is -2.03. The van der Waals surface area contributed by atoms with Crippen molar-refractivity contribution >= 4 is 22.9 Å². The van der Waals surface area contributed by atoms with Crippen LogP contribution in [0.2, 0.25) is 5.02 Å². The van der Waals surface area contributed by atoms with Crippen molar-refractivity contribution in [3.8, 4) is 11.3 Å². The topological polar surface area (TPSA) is 38.9 Å². The fourth-order valence-corrected chi connectivity index (χ4v) is 2.25. The zero-order valence-corrected chi connectivity index (χ0v) is 10.1. The van der Waals surface area contributed by atoms with Crippen LogP contribution in [-0.2, 0) is 0 Å². The number of hydrogen-bond donors (Lipinski definition) is 1. The molecule has 16 heavy (non-hydrogen) atoms. The molecule has 2 aromatic rings. The summed E-state index contributed by atoms with van der Waals surface area (Å²) in [6.07, 6.45) is 0. The van der Waals surface area contributed by atoms with Gasteiger partial charge in [0.1, 0.15) is 10.8 Å². The first-order chi connectivity index (χ1) is 7.58. The van der Waals surface area contributed by atoms with Gasteiger partial charge in [-0.2, -0.15) is 0 Å². The summed E-state index contributed by atoms with van der Waals surface area (Å²) in [5, 5.41) is 2.85. The van der Waals surface area contributed by atoms with Crippen molar-refractivity contribution in [2.45, 2.75) is 13.0 Å². The number of hydrogen-bond acceptors (Lipinski definition) is 3. The monoisotopic (exact) mass is 256 g/mol. The molecule has 5 heteroatoms. The highest BCUT2D eigenvalue weighted by Gasteiger charge is 2.09. The highest BCUT2D eigenvalue weighted by molar-refractivity contribution is 7.10. The van der Waals surface area contributed by atoms with Crippen molar-refractivity contribution < 1.29 is 4.39 Å². The van der Waals surface area contributed by atoms with E-state index >= 15 is 0 Å². The van der Waals surface area contributed by atoms with Gasteiger partial charge in [0.25, 0.3) is 0 Å². The van der Waals surface area contributed by atoms with Crippen LogP contribution in [0.5, 0.6) is 0 Å². The molecule has 2 nitrogen and oxygen atoms in total. The number of benzene rings is 1. The van der Waals surface area contributed by atoms with E-state index in [-0.39, 0.29) is 11.1 Å². The third-order valence-electron chi connectivity index (χ3n) is 2.13. The Morgan fingerprint density at radius 1 is 1.50 bits per heavy atom. The molecule has 0 aliphatic rings. The maximum absolute atomic E-state index is 13.0. The molecule has 2 N–H and O–H groups in total. The van der Waals surface area contributed by atoms with E-state index in [2.05, 4.69) is 4.98 Å². The summed E-state index contributed by atoms with van der Waals surface area (Å²) >= 11 is 7.20. The molecule has 0 spiro atoms. The lowest BCUT2D eigenvalue weighted by molar-refractivity contribution is 0.628. The average Bonchev–Trinajstić information content (AvgIpc) is 2.71. The van der Waals surface area contributed by atoms with E-state index in [1.807, 2.05) is 12.3 Å². The summed E-state index contributed by atoms with van der Waals surface area (Å²) in [6, 6.07) is 4.47. The Labute approximate surface area is 102 Å². The second-order valence-corrected chi connectivity index (χ2v) is 4.79. The third-order valence-corrected chi connectivity index (χ3v) is 3.46. The second kappa shape index (κ2) is 4.49. The summed E-state index contributed by atoms with van der Waals surface area (Å²) in [4.78, 5) is 4.36. The van der Waals surface area contributed by atoms with Crippen molar-refractivity contribution in [1.29, 1.82) is 0 Å². The molecular formula is C11H10ClFN2S. The lowest BCUT2D eigenvalue weighted by Gasteiger charge is -2.00. The molecule has 0 bridgehead atoms. The van der Waals surface area contributed by atoms with Crippen LogP contribution in [0.4, 0.5) is 4.39 Å². The number of nitrogens with zero attached hydrogens (tertiary/aromatic N) is 1. The van der Waals surface area contributed by atoms with Crippen molar-refractivity contribution in [3.05, 3.63) is 39.4 Å². The van der Waals surface area contributed by atoms with Gasteiger partial charge < -0.3 is 5.73 Å². The summed E-state index contributed by atoms with van der Waals surface area (Å²) in [6.45, 7) is 1.88. The van der Waals surface area contributed by atoms with E-state index in [4.69, 9.17) is 17.3 Å². The van der Waals surface area contributed by atoms with Crippen molar-refractivity contribution in [2.75, 3.05) is 0 Å². The average molecular weight is 257 g/mol. The molecule has 0 radical (unpaired) electrons. The minimum atomic E-state index is -0.423. The Morgan fingerprint density at radius 2 is 2.25 bits per heavy atom. The first-order valence-electron chi connectivity index (χ1n) is 4.74. The molecule has 0 aliphatic heterocycles. The van der Waals surface area contributed by atoms with Gasteiger partial charge in [-0.15, -0.1) is 11.3 Å². The Bertz CT molecular complexity index is 510. The lowest BCUT2D eigenvalue weighted by atomic mass is 10.2. The Kier molecular flexibility index (Phi) is 3.23. The van der Waals surface area contributed by atoms with Crippen LogP contribution in [0, 0.1) is 5.82 Å². The van der Waals surface area contributed by atoms with Gasteiger partial charge in [0.05, 0.1) is 16.8 Å². The SMILES string of the molecule is CC(N)c1nc(-c2ccc(F)c(Cl)c2)cs1. The predicted octanol–water partition coefficient (Wildman–Crippen LogP) is 3.62. The number of thiazole rings is 1. The summed E-state index contributed by atoms with van der Waals surface area (Å²) in [5.41, 5.74) is 7.30. The van der Waals surface area contributed by atoms with E-state index < -0.39 is 5.82 Å². The standard InChI is InChI=1S/C11H10ClFN2S/c1-6(14)11-15-10(5-16-11)7-2-3-9(13)8(12)4-7/h2-6H,14H2,1H3. The van der Waals surface area contributed by atoms with Gasteiger partial charge in [0, 0.05) is 10.9 Å². The normalized spacial score (nSPS) is 12.8. The third kappa shape index (κ3) is 2.24. The molecule has 1 atom stereocenters. The molecule has 0 aliphatic carbocycles. The molecular weight excluding hydrogens is 247 g/mol. The molecule has 1 unspecified atom stereocenters. The number of aromatic nitrogens is 1. The van der Waals surface area contributed by atoms with Crippen molar-refractivity contribution in [2.24, 2.45) is 5.73 Å².